The number of unbranched alkanes of at least 4 members (excludes halogenated alkanes) is 2. The summed E-state index contributed by atoms with van der Waals surface area (Å²) in [6.45, 7) is 4.83. The van der Waals surface area contributed by atoms with Gasteiger partial charge in [0.15, 0.2) is 0 Å². The lowest BCUT2D eigenvalue weighted by Gasteiger charge is -2.01. The minimum Gasteiger partial charge on any atom is -0.396 e. The maximum atomic E-state index is 8.74. The molecule has 0 spiro atoms. The Morgan fingerprint density at radius 3 is 1.79 bits per heavy atom. The highest BCUT2D eigenvalue weighted by molar-refractivity contribution is 7.79. The maximum absolute atomic E-state index is 8.74. The molecule has 0 saturated carbocycles. The van der Waals surface area contributed by atoms with E-state index in [2.05, 4.69) is 13.8 Å². The largest absolute Gasteiger partial charge is 0.396 e. The molecule has 0 fully saturated rings. The summed E-state index contributed by atoms with van der Waals surface area (Å²) in [5, 5.41) is 8.43. The van der Waals surface area contributed by atoms with Gasteiger partial charge in [-0.05, 0) is 12.3 Å². The number of aliphatic hydroxyl groups is 1. The molecule has 88 valence electrons. The van der Waals surface area contributed by atoms with Crippen LogP contribution in [-0.2, 0) is 10.4 Å². The van der Waals surface area contributed by atoms with Crippen molar-refractivity contribution in [1.29, 1.82) is 0 Å². The molecule has 0 aliphatic carbocycles. The second kappa shape index (κ2) is 9.39. The third-order valence-electron chi connectivity index (χ3n) is 1.44. The minimum atomic E-state index is -4.67. The van der Waals surface area contributed by atoms with Crippen molar-refractivity contribution in [2.45, 2.75) is 39.5 Å². The van der Waals surface area contributed by atoms with Gasteiger partial charge < -0.3 is 5.11 Å². The molecule has 0 saturated heterocycles. The molecule has 0 bridgehead atoms. The summed E-state index contributed by atoms with van der Waals surface area (Å²) in [4.78, 5) is 0. The predicted molar refractivity (Wildman–Crippen MR) is 54.6 cm³/mol. The van der Waals surface area contributed by atoms with Gasteiger partial charge in [0.1, 0.15) is 0 Å². The predicted octanol–water partition coefficient (Wildman–Crippen LogP) is 1.54. The molecule has 0 aromatic rings. The Balaban J connectivity index is 0. The first-order valence-electron chi connectivity index (χ1n) is 4.58. The molecule has 0 aliphatic rings. The van der Waals surface area contributed by atoms with Crippen LogP contribution in [0.5, 0.6) is 0 Å². The fourth-order valence-corrected chi connectivity index (χ4v) is 0.841. The van der Waals surface area contributed by atoms with E-state index in [4.69, 9.17) is 22.6 Å². The average Bonchev–Trinajstić information content (AvgIpc) is 1.94. The molecule has 0 aliphatic heterocycles. The Morgan fingerprint density at radius 1 is 1.07 bits per heavy atom. The van der Waals surface area contributed by atoms with Crippen LogP contribution in [0.4, 0.5) is 0 Å². The quantitative estimate of drug-likeness (QED) is 0.490. The van der Waals surface area contributed by atoms with Crippen molar-refractivity contribution in [3.8, 4) is 0 Å². The van der Waals surface area contributed by atoms with E-state index < -0.39 is 10.4 Å². The van der Waals surface area contributed by atoms with E-state index in [0.717, 1.165) is 12.3 Å². The van der Waals surface area contributed by atoms with Crippen molar-refractivity contribution < 1.29 is 22.6 Å². The van der Waals surface area contributed by atoms with Gasteiger partial charge in [0.2, 0.25) is 0 Å². The van der Waals surface area contributed by atoms with Crippen LogP contribution in [0.25, 0.3) is 0 Å². The zero-order valence-electron chi connectivity index (χ0n) is 8.68. The van der Waals surface area contributed by atoms with Crippen LogP contribution in [0.15, 0.2) is 0 Å². The van der Waals surface area contributed by atoms with E-state index in [0.29, 0.717) is 6.61 Å². The average molecular weight is 228 g/mol. The fourth-order valence-electron chi connectivity index (χ4n) is 0.841. The molecule has 0 atom stereocenters. The normalized spacial score (nSPS) is 11.0. The third-order valence-corrected chi connectivity index (χ3v) is 1.44. The number of hydrogen-bond acceptors (Lipinski definition) is 3. The van der Waals surface area contributed by atoms with E-state index in [1.807, 2.05) is 0 Å². The van der Waals surface area contributed by atoms with Crippen LogP contribution in [0.1, 0.15) is 39.5 Å². The van der Waals surface area contributed by atoms with Crippen LogP contribution >= 0.6 is 0 Å². The molecule has 0 rings (SSSR count). The molecular weight excluding hydrogens is 208 g/mol. The first-order valence-corrected chi connectivity index (χ1v) is 5.97. The summed E-state index contributed by atoms with van der Waals surface area (Å²) >= 11 is 0. The first kappa shape index (κ1) is 16.3. The van der Waals surface area contributed by atoms with Crippen LogP contribution in [0, 0.1) is 5.92 Å². The molecule has 14 heavy (non-hydrogen) atoms. The first-order chi connectivity index (χ1) is 6.27. The second-order valence-electron chi connectivity index (χ2n) is 3.41. The van der Waals surface area contributed by atoms with Gasteiger partial charge in [0.05, 0.1) is 0 Å². The molecule has 0 unspecified atom stereocenters. The second-order valence-corrected chi connectivity index (χ2v) is 4.31. The van der Waals surface area contributed by atoms with E-state index in [-0.39, 0.29) is 0 Å². The highest BCUT2D eigenvalue weighted by atomic mass is 32.3. The number of hydrogen-bond donors (Lipinski definition) is 3. The Labute approximate surface area is 85.7 Å². The van der Waals surface area contributed by atoms with Gasteiger partial charge in [0, 0.05) is 6.61 Å². The van der Waals surface area contributed by atoms with Crippen molar-refractivity contribution >= 4 is 10.4 Å². The van der Waals surface area contributed by atoms with E-state index >= 15 is 0 Å². The Bertz CT molecular complexity index is 190. The van der Waals surface area contributed by atoms with E-state index in [9.17, 15) is 0 Å². The van der Waals surface area contributed by atoms with E-state index in [1.165, 1.54) is 19.3 Å². The number of rotatable bonds is 5. The van der Waals surface area contributed by atoms with Crippen LogP contribution < -0.4 is 0 Å². The van der Waals surface area contributed by atoms with E-state index in [1.54, 1.807) is 0 Å². The molecular formula is C8H20O5S. The standard InChI is InChI=1S/C8H18O.H2O4S/c1-8(2)6-4-3-5-7-9;1-5(2,3)4/h8-9H,3-7H2,1-2H3;(H2,1,2,3,4). The molecule has 3 N–H and O–H groups in total. The monoisotopic (exact) mass is 228 g/mol. The van der Waals surface area contributed by atoms with Gasteiger partial charge in [-0.1, -0.05) is 33.1 Å². The summed E-state index contributed by atoms with van der Waals surface area (Å²) in [5.74, 6) is 0.823. The molecule has 0 heterocycles. The Kier molecular flexibility index (Phi) is 10.9. The molecule has 5 nitrogen and oxygen atoms in total. The van der Waals surface area contributed by atoms with Crippen molar-refractivity contribution in [2.75, 3.05) is 6.61 Å². The number of aliphatic hydroxyl groups excluding tert-OH is 1. The molecule has 0 aromatic carbocycles. The maximum Gasteiger partial charge on any atom is 0.394 e. The van der Waals surface area contributed by atoms with Crippen LogP contribution in [0.2, 0.25) is 0 Å². The van der Waals surface area contributed by atoms with Crippen LogP contribution in [0.3, 0.4) is 0 Å². The summed E-state index contributed by atoms with van der Waals surface area (Å²) in [6, 6.07) is 0. The van der Waals surface area contributed by atoms with Gasteiger partial charge >= 0.3 is 10.4 Å². The Hall–Kier alpha value is -0.170. The Morgan fingerprint density at radius 2 is 1.50 bits per heavy atom. The highest BCUT2D eigenvalue weighted by Crippen LogP contribution is 2.06. The van der Waals surface area contributed by atoms with Crippen molar-refractivity contribution in [2.24, 2.45) is 5.92 Å². The minimum absolute atomic E-state index is 0.359. The smallest absolute Gasteiger partial charge is 0.394 e. The molecule has 0 aromatic heterocycles. The summed E-state index contributed by atoms with van der Waals surface area (Å²) in [6.07, 6.45) is 4.75. The lowest BCUT2D eigenvalue weighted by atomic mass is 10.1. The molecule has 0 radical (unpaired) electrons. The zero-order chi connectivity index (χ0) is 11.6. The van der Waals surface area contributed by atoms with Gasteiger partial charge in [-0.25, -0.2) is 0 Å². The lowest BCUT2D eigenvalue weighted by Crippen LogP contribution is -1.89. The van der Waals surface area contributed by atoms with Gasteiger partial charge in [-0.2, -0.15) is 8.42 Å². The fraction of sp³-hybridized carbons (Fsp3) is 1.00. The van der Waals surface area contributed by atoms with Crippen molar-refractivity contribution in [3.05, 3.63) is 0 Å². The van der Waals surface area contributed by atoms with Gasteiger partial charge in [-0.3, -0.25) is 9.11 Å². The zero-order valence-corrected chi connectivity index (χ0v) is 9.50. The molecule has 0 amide bonds. The van der Waals surface area contributed by atoms with Crippen molar-refractivity contribution in [1.82, 2.24) is 0 Å². The van der Waals surface area contributed by atoms with Gasteiger partial charge in [-0.15, -0.1) is 0 Å². The van der Waals surface area contributed by atoms with Crippen LogP contribution in [-0.4, -0.2) is 29.2 Å². The summed E-state index contributed by atoms with van der Waals surface area (Å²) in [7, 11) is -4.67. The van der Waals surface area contributed by atoms with Gasteiger partial charge in [0.25, 0.3) is 0 Å². The third kappa shape index (κ3) is 40.8. The van der Waals surface area contributed by atoms with Crippen molar-refractivity contribution in [3.63, 3.8) is 0 Å². The SMILES string of the molecule is CC(C)CCCCCO.O=S(=O)(O)O. The topological polar surface area (TPSA) is 94.8 Å². The lowest BCUT2D eigenvalue weighted by molar-refractivity contribution is 0.281. The highest BCUT2D eigenvalue weighted by Gasteiger charge is 1.92. The summed E-state index contributed by atoms with van der Waals surface area (Å²) < 4.78 is 31.6. The molecule has 6 heteroatoms. The summed E-state index contributed by atoms with van der Waals surface area (Å²) in [5.41, 5.74) is 0.